The highest BCUT2D eigenvalue weighted by molar-refractivity contribution is 5.96. The number of benzene rings is 1. The second kappa shape index (κ2) is 8.99. The summed E-state index contributed by atoms with van der Waals surface area (Å²) in [5, 5.41) is 0. The second-order valence-electron chi connectivity index (χ2n) is 5.99. The van der Waals surface area contributed by atoms with E-state index in [9.17, 15) is 14.4 Å². The third kappa shape index (κ3) is 4.59. The Balaban J connectivity index is 2.23. The van der Waals surface area contributed by atoms with E-state index in [2.05, 4.69) is 6.58 Å². The number of nitrogens with zero attached hydrogens (tertiary/aromatic N) is 1. The molecule has 0 bridgehead atoms. The first kappa shape index (κ1) is 19.4. The van der Waals surface area contributed by atoms with Gasteiger partial charge in [0.15, 0.2) is 0 Å². The predicted octanol–water partition coefficient (Wildman–Crippen LogP) is 2.89. The van der Waals surface area contributed by atoms with Gasteiger partial charge in [0.05, 0.1) is 12.0 Å². The van der Waals surface area contributed by atoms with E-state index in [-0.39, 0.29) is 6.61 Å². The lowest BCUT2D eigenvalue weighted by Crippen LogP contribution is -2.46. The molecular weight excluding hydrogens is 334 g/mol. The molecule has 1 fully saturated rings. The molecule has 0 N–H and O–H groups in total. The molecule has 1 heterocycles. The van der Waals surface area contributed by atoms with Crippen molar-refractivity contribution in [1.29, 1.82) is 0 Å². The minimum Gasteiger partial charge on any atom is -0.457 e. The van der Waals surface area contributed by atoms with Crippen LogP contribution in [0.1, 0.15) is 19.4 Å². The van der Waals surface area contributed by atoms with Gasteiger partial charge in [-0.15, -0.1) is 6.58 Å². The summed E-state index contributed by atoms with van der Waals surface area (Å²) in [4.78, 5) is 37.6. The Hall–Kier alpha value is -2.89. The van der Waals surface area contributed by atoms with E-state index in [0.29, 0.717) is 6.42 Å². The Kier molecular flexibility index (Phi) is 6.72. The number of esters is 1. The summed E-state index contributed by atoms with van der Waals surface area (Å²) in [5.74, 6) is -1.88. The lowest BCUT2D eigenvalue weighted by Gasteiger charge is -2.26. The van der Waals surface area contributed by atoms with Crippen molar-refractivity contribution >= 4 is 18.0 Å². The zero-order valence-corrected chi connectivity index (χ0v) is 15.0. The van der Waals surface area contributed by atoms with Crippen LogP contribution in [0.25, 0.3) is 0 Å². The van der Waals surface area contributed by atoms with Crippen molar-refractivity contribution in [3.05, 3.63) is 60.7 Å². The van der Waals surface area contributed by atoms with Crippen LogP contribution in [0, 0.1) is 5.92 Å². The normalized spacial score (nSPS) is 19.1. The zero-order valence-electron chi connectivity index (χ0n) is 15.0. The van der Waals surface area contributed by atoms with Gasteiger partial charge in [0, 0.05) is 6.92 Å². The Morgan fingerprint density at radius 1 is 1.38 bits per heavy atom. The number of allylic oxidation sites excluding steroid dienone is 1. The van der Waals surface area contributed by atoms with Crippen LogP contribution in [0.5, 0.6) is 0 Å². The van der Waals surface area contributed by atoms with Crippen molar-refractivity contribution in [2.45, 2.75) is 32.4 Å². The summed E-state index contributed by atoms with van der Waals surface area (Å²) >= 11 is 0. The van der Waals surface area contributed by atoms with E-state index in [1.807, 2.05) is 30.3 Å². The summed E-state index contributed by atoms with van der Waals surface area (Å²) < 4.78 is 10.3. The molecule has 0 unspecified atom stereocenters. The predicted molar refractivity (Wildman–Crippen MR) is 96.2 cm³/mol. The lowest BCUT2D eigenvalue weighted by molar-refractivity contribution is -0.148. The molecule has 6 nitrogen and oxygen atoms in total. The Morgan fingerprint density at radius 3 is 2.65 bits per heavy atom. The molecule has 1 saturated heterocycles. The SMILES string of the molecule is C=C[C@H](C(=O)N1C(=O)OC[C@@H]1Cc1ccccc1)[C@@H](/C=C/C)OC(C)=O. The van der Waals surface area contributed by atoms with Crippen molar-refractivity contribution in [3.8, 4) is 0 Å². The van der Waals surface area contributed by atoms with Crippen LogP contribution >= 0.6 is 0 Å². The largest absolute Gasteiger partial charge is 0.457 e. The van der Waals surface area contributed by atoms with Gasteiger partial charge in [-0.1, -0.05) is 42.5 Å². The van der Waals surface area contributed by atoms with Crippen LogP contribution < -0.4 is 0 Å². The Morgan fingerprint density at radius 2 is 2.08 bits per heavy atom. The molecule has 138 valence electrons. The van der Waals surface area contributed by atoms with E-state index in [1.54, 1.807) is 19.1 Å². The molecule has 1 aliphatic heterocycles. The number of amides is 2. The van der Waals surface area contributed by atoms with Gasteiger partial charge in [-0.3, -0.25) is 9.59 Å². The van der Waals surface area contributed by atoms with Crippen molar-refractivity contribution < 1.29 is 23.9 Å². The quantitative estimate of drug-likeness (QED) is 0.554. The first-order chi connectivity index (χ1) is 12.5. The van der Waals surface area contributed by atoms with Crippen LogP contribution in [0.15, 0.2) is 55.1 Å². The maximum Gasteiger partial charge on any atom is 0.417 e. The fourth-order valence-electron chi connectivity index (χ4n) is 2.92. The van der Waals surface area contributed by atoms with Crippen LogP contribution in [0.2, 0.25) is 0 Å². The van der Waals surface area contributed by atoms with E-state index in [1.165, 1.54) is 13.0 Å². The van der Waals surface area contributed by atoms with Gasteiger partial charge in [0.2, 0.25) is 5.91 Å². The topological polar surface area (TPSA) is 72.9 Å². The molecule has 26 heavy (non-hydrogen) atoms. The van der Waals surface area contributed by atoms with Gasteiger partial charge in [0.1, 0.15) is 12.7 Å². The van der Waals surface area contributed by atoms with Crippen LogP contribution in [0.4, 0.5) is 4.79 Å². The first-order valence-corrected chi connectivity index (χ1v) is 8.44. The Bertz CT molecular complexity index is 697. The van der Waals surface area contributed by atoms with Gasteiger partial charge in [-0.2, -0.15) is 0 Å². The zero-order chi connectivity index (χ0) is 19.1. The molecule has 0 aliphatic carbocycles. The van der Waals surface area contributed by atoms with E-state index >= 15 is 0 Å². The van der Waals surface area contributed by atoms with E-state index in [4.69, 9.17) is 9.47 Å². The number of rotatable bonds is 7. The van der Waals surface area contributed by atoms with Crippen LogP contribution in [-0.4, -0.2) is 41.6 Å². The van der Waals surface area contributed by atoms with Crippen molar-refractivity contribution in [2.75, 3.05) is 6.61 Å². The van der Waals surface area contributed by atoms with Crippen molar-refractivity contribution in [3.63, 3.8) is 0 Å². The number of imide groups is 1. The average molecular weight is 357 g/mol. The third-order valence-corrected chi connectivity index (χ3v) is 4.09. The molecule has 2 rings (SSSR count). The number of hydrogen-bond acceptors (Lipinski definition) is 5. The molecule has 1 aromatic rings. The molecule has 0 spiro atoms. The van der Waals surface area contributed by atoms with E-state index < -0.39 is 36.0 Å². The number of hydrogen-bond donors (Lipinski definition) is 0. The standard InChI is InChI=1S/C20H23NO5/c1-4-9-18(26-14(3)22)17(5-2)19(23)21-16(13-25-20(21)24)12-15-10-7-6-8-11-15/h4-11,16-18H,2,12-13H2,1,3H3/b9-4+/t16-,17-,18+/m0/s1. The number of ether oxygens (including phenoxy) is 2. The fourth-order valence-corrected chi connectivity index (χ4v) is 2.92. The highest BCUT2D eigenvalue weighted by Crippen LogP contribution is 2.23. The first-order valence-electron chi connectivity index (χ1n) is 8.44. The van der Waals surface area contributed by atoms with Crippen molar-refractivity contribution in [2.24, 2.45) is 5.92 Å². The Labute approximate surface area is 153 Å². The highest BCUT2D eigenvalue weighted by Gasteiger charge is 2.42. The fraction of sp³-hybridized carbons (Fsp3) is 0.350. The summed E-state index contributed by atoms with van der Waals surface area (Å²) in [6.07, 6.45) is 3.64. The molecule has 1 aromatic carbocycles. The molecule has 0 radical (unpaired) electrons. The van der Waals surface area contributed by atoms with Crippen LogP contribution in [-0.2, 0) is 25.5 Å². The summed E-state index contributed by atoms with van der Waals surface area (Å²) in [5.41, 5.74) is 0.994. The molecule has 3 atom stereocenters. The van der Waals surface area contributed by atoms with Gasteiger partial charge in [0.25, 0.3) is 0 Å². The third-order valence-electron chi connectivity index (χ3n) is 4.09. The van der Waals surface area contributed by atoms with E-state index in [0.717, 1.165) is 10.5 Å². The monoisotopic (exact) mass is 357 g/mol. The maximum absolute atomic E-state index is 13.0. The molecule has 2 amide bonds. The molecule has 0 aromatic heterocycles. The number of carbonyl (C=O) groups is 3. The molecule has 1 aliphatic rings. The minimum atomic E-state index is -0.876. The number of cyclic esters (lactones) is 1. The van der Waals surface area contributed by atoms with Gasteiger partial charge in [-0.25, -0.2) is 9.69 Å². The summed E-state index contributed by atoms with van der Waals surface area (Å²) in [6.45, 7) is 6.82. The van der Waals surface area contributed by atoms with Crippen LogP contribution in [0.3, 0.4) is 0 Å². The average Bonchev–Trinajstić information content (AvgIpc) is 2.96. The molecule has 6 heteroatoms. The summed E-state index contributed by atoms with van der Waals surface area (Å²) in [6, 6.07) is 9.14. The molecular formula is C20H23NO5. The second-order valence-corrected chi connectivity index (χ2v) is 5.99. The smallest absolute Gasteiger partial charge is 0.417 e. The van der Waals surface area contributed by atoms with Crippen molar-refractivity contribution in [1.82, 2.24) is 4.90 Å². The minimum absolute atomic E-state index is 0.130. The lowest BCUT2D eigenvalue weighted by atomic mass is 9.98. The van der Waals surface area contributed by atoms with Gasteiger partial charge in [-0.05, 0) is 25.0 Å². The molecule has 0 saturated carbocycles. The highest BCUT2D eigenvalue weighted by atomic mass is 16.6. The maximum atomic E-state index is 13.0. The van der Waals surface area contributed by atoms with Gasteiger partial charge >= 0.3 is 12.1 Å². The summed E-state index contributed by atoms with van der Waals surface area (Å²) in [7, 11) is 0. The number of carbonyl (C=O) groups excluding carboxylic acids is 3. The van der Waals surface area contributed by atoms with Gasteiger partial charge < -0.3 is 9.47 Å².